The standard InChI is InChI=1S/C12H10Cl2N2O2S/c13-8-2-1-7(10(14)3-8)5-19-6-9-4-11(17)16-12(18)15-9/h1-3H,4-6H2,(H,16,17,18). The van der Waals surface area contributed by atoms with Crippen LogP contribution < -0.4 is 5.32 Å². The van der Waals surface area contributed by atoms with Gasteiger partial charge in [0.1, 0.15) is 0 Å². The molecule has 4 nitrogen and oxygen atoms in total. The molecule has 0 saturated heterocycles. The van der Waals surface area contributed by atoms with Gasteiger partial charge in [0, 0.05) is 27.3 Å². The van der Waals surface area contributed by atoms with E-state index in [1.807, 2.05) is 6.07 Å². The molecule has 0 spiro atoms. The van der Waals surface area contributed by atoms with Crippen LogP contribution in [0.2, 0.25) is 10.0 Å². The second-order valence-corrected chi connectivity index (χ2v) is 5.77. The molecule has 1 aromatic rings. The third-order valence-corrected chi connectivity index (χ3v) is 4.05. The molecule has 1 N–H and O–H groups in total. The molecule has 100 valence electrons. The molecule has 1 aliphatic heterocycles. The molecule has 2 rings (SSSR count). The molecule has 1 aliphatic rings. The summed E-state index contributed by atoms with van der Waals surface area (Å²) in [6.07, 6.45) is 0.174. The lowest BCUT2D eigenvalue weighted by Crippen LogP contribution is -2.35. The quantitative estimate of drug-likeness (QED) is 0.927. The van der Waals surface area contributed by atoms with Gasteiger partial charge in [-0.25, -0.2) is 9.79 Å². The van der Waals surface area contributed by atoms with Crippen molar-refractivity contribution in [3.8, 4) is 0 Å². The summed E-state index contributed by atoms with van der Waals surface area (Å²) >= 11 is 13.4. The average Bonchev–Trinajstić information content (AvgIpc) is 2.30. The molecular weight excluding hydrogens is 307 g/mol. The number of urea groups is 1. The number of halogens is 2. The van der Waals surface area contributed by atoms with Gasteiger partial charge in [-0.2, -0.15) is 11.8 Å². The molecule has 0 saturated carbocycles. The molecule has 1 aromatic carbocycles. The minimum absolute atomic E-state index is 0.174. The van der Waals surface area contributed by atoms with Gasteiger partial charge in [-0.15, -0.1) is 0 Å². The topological polar surface area (TPSA) is 58.5 Å². The van der Waals surface area contributed by atoms with Crippen molar-refractivity contribution >= 4 is 52.6 Å². The van der Waals surface area contributed by atoms with Gasteiger partial charge in [0.25, 0.3) is 0 Å². The van der Waals surface area contributed by atoms with Gasteiger partial charge in [-0.1, -0.05) is 29.3 Å². The van der Waals surface area contributed by atoms with Crippen LogP contribution in [0.4, 0.5) is 4.79 Å². The second kappa shape index (κ2) is 6.41. The van der Waals surface area contributed by atoms with Crippen molar-refractivity contribution in [1.82, 2.24) is 5.32 Å². The zero-order valence-corrected chi connectivity index (χ0v) is 12.1. The van der Waals surface area contributed by atoms with Gasteiger partial charge in [-0.3, -0.25) is 10.1 Å². The highest BCUT2D eigenvalue weighted by atomic mass is 35.5. The van der Waals surface area contributed by atoms with E-state index >= 15 is 0 Å². The lowest BCUT2D eigenvalue weighted by molar-refractivity contribution is -0.118. The summed E-state index contributed by atoms with van der Waals surface area (Å²) < 4.78 is 0. The van der Waals surface area contributed by atoms with E-state index in [1.54, 1.807) is 23.9 Å². The van der Waals surface area contributed by atoms with Crippen LogP contribution in [0.15, 0.2) is 23.2 Å². The largest absolute Gasteiger partial charge is 0.347 e. The van der Waals surface area contributed by atoms with Crippen LogP contribution >= 0.6 is 35.0 Å². The number of aliphatic imine (C=N–C) groups is 1. The summed E-state index contributed by atoms with van der Waals surface area (Å²) in [6.45, 7) is 0. The van der Waals surface area contributed by atoms with E-state index in [0.29, 0.717) is 27.3 Å². The van der Waals surface area contributed by atoms with Gasteiger partial charge in [0.2, 0.25) is 5.91 Å². The first kappa shape index (κ1) is 14.4. The van der Waals surface area contributed by atoms with Gasteiger partial charge in [0.05, 0.1) is 6.42 Å². The second-order valence-electron chi connectivity index (χ2n) is 3.94. The van der Waals surface area contributed by atoms with E-state index < -0.39 is 6.03 Å². The van der Waals surface area contributed by atoms with Crippen LogP contribution in [0.3, 0.4) is 0 Å². The number of carbonyl (C=O) groups excluding carboxylic acids is 2. The van der Waals surface area contributed by atoms with Crippen molar-refractivity contribution in [1.29, 1.82) is 0 Å². The number of hydrogen-bond acceptors (Lipinski definition) is 3. The van der Waals surface area contributed by atoms with Crippen LogP contribution in [0.25, 0.3) is 0 Å². The van der Waals surface area contributed by atoms with E-state index in [1.165, 1.54) is 0 Å². The maximum absolute atomic E-state index is 11.2. The fourth-order valence-corrected chi connectivity index (χ4v) is 3.09. The Morgan fingerprint density at radius 1 is 1.26 bits per heavy atom. The Balaban J connectivity index is 1.90. The smallest absolute Gasteiger partial charge is 0.276 e. The van der Waals surface area contributed by atoms with Crippen LogP contribution in [-0.2, 0) is 10.5 Å². The molecule has 3 amide bonds. The predicted molar refractivity (Wildman–Crippen MR) is 78.2 cm³/mol. The van der Waals surface area contributed by atoms with Crippen molar-refractivity contribution < 1.29 is 9.59 Å². The fraction of sp³-hybridized carbons (Fsp3) is 0.250. The average molecular weight is 317 g/mol. The number of benzene rings is 1. The first-order valence-electron chi connectivity index (χ1n) is 5.46. The summed E-state index contributed by atoms with van der Waals surface area (Å²) in [6, 6.07) is 4.74. The summed E-state index contributed by atoms with van der Waals surface area (Å²) in [5, 5.41) is 3.33. The maximum atomic E-state index is 11.2. The summed E-state index contributed by atoms with van der Waals surface area (Å²) in [4.78, 5) is 26.0. The number of carbonyl (C=O) groups is 2. The molecule has 19 heavy (non-hydrogen) atoms. The van der Waals surface area contributed by atoms with Crippen molar-refractivity contribution in [3.05, 3.63) is 33.8 Å². The molecule has 0 unspecified atom stereocenters. The van der Waals surface area contributed by atoms with E-state index in [2.05, 4.69) is 10.3 Å². The number of hydrogen-bond donors (Lipinski definition) is 1. The minimum atomic E-state index is -0.587. The Bertz CT molecular complexity index is 561. The number of nitrogens with zero attached hydrogens (tertiary/aromatic N) is 1. The first-order valence-corrected chi connectivity index (χ1v) is 7.37. The van der Waals surface area contributed by atoms with E-state index in [-0.39, 0.29) is 12.3 Å². The van der Waals surface area contributed by atoms with Gasteiger partial charge in [0.15, 0.2) is 0 Å². The fourth-order valence-electron chi connectivity index (χ4n) is 1.56. The van der Waals surface area contributed by atoms with Crippen LogP contribution in [0.5, 0.6) is 0 Å². The van der Waals surface area contributed by atoms with Crippen molar-refractivity contribution in [2.24, 2.45) is 4.99 Å². The Hall–Kier alpha value is -1.04. The normalized spacial score (nSPS) is 15.2. The Kier molecular flexibility index (Phi) is 4.85. The molecule has 7 heteroatoms. The highest BCUT2D eigenvalue weighted by Crippen LogP contribution is 2.25. The molecule has 1 heterocycles. The molecule has 0 atom stereocenters. The van der Waals surface area contributed by atoms with Crippen LogP contribution in [0, 0.1) is 0 Å². The van der Waals surface area contributed by atoms with Crippen LogP contribution in [-0.4, -0.2) is 23.4 Å². The van der Waals surface area contributed by atoms with Gasteiger partial charge < -0.3 is 0 Å². The summed E-state index contributed by atoms with van der Waals surface area (Å²) in [5.74, 6) is 0.892. The third kappa shape index (κ3) is 4.23. The number of thioether (sulfide) groups is 1. The Morgan fingerprint density at radius 2 is 2.05 bits per heavy atom. The highest BCUT2D eigenvalue weighted by molar-refractivity contribution is 7.99. The molecule has 0 radical (unpaired) electrons. The number of amides is 3. The lowest BCUT2D eigenvalue weighted by atomic mass is 10.2. The molecule has 0 aliphatic carbocycles. The lowest BCUT2D eigenvalue weighted by Gasteiger charge is -2.11. The van der Waals surface area contributed by atoms with Gasteiger partial charge >= 0.3 is 6.03 Å². The zero-order valence-electron chi connectivity index (χ0n) is 9.78. The van der Waals surface area contributed by atoms with Crippen LogP contribution in [0.1, 0.15) is 12.0 Å². The maximum Gasteiger partial charge on any atom is 0.347 e. The van der Waals surface area contributed by atoms with E-state index in [4.69, 9.17) is 23.2 Å². The number of nitrogens with one attached hydrogen (secondary N) is 1. The summed E-state index contributed by atoms with van der Waals surface area (Å²) in [7, 11) is 0. The zero-order chi connectivity index (χ0) is 13.8. The number of rotatable bonds is 4. The molecular formula is C12H10Cl2N2O2S. The molecule has 0 bridgehead atoms. The minimum Gasteiger partial charge on any atom is -0.276 e. The first-order chi connectivity index (χ1) is 9.04. The SMILES string of the molecule is O=C1CC(CSCc2ccc(Cl)cc2Cl)=NC(=O)N1. The summed E-state index contributed by atoms with van der Waals surface area (Å²) in [5.41, 5.74) is 1.55. The van der Waals surface area contributed by atoms with E-state index in [9.17, 15) is 9.59 Å². The van der Waals surface area contributed by atoms with Crippen molar-refractivity contribution in [3.63, 3.8) is 0 Å². The van der Waals surface area contributed by atoms with Crippen molar-refractivity contribution in [2.75, 3.05) is 5.75 Å². The highest BCUT2D eigenvalue weighted by Gasteiger charge is 2.17. The molecule has 0 aromatic heterocycles. The third-order valence-electron chi connectivity index (χ3n) is 2.41. The predicted octanol–water partition coefficient (Wildman–Crippen LogP) is 3.31. The van der Waals surface area contributed by atoms with Gasteiger partial charge in [-0.05, 0) is 17.7 Å². The van der Waals surface area contributed by atoms with E-state index in [0.717, 1.165) is 5.56 Å². The molecule has 0 fully saturated rings. The Labute approximate surface area is 124 Å². The number of imide groups is 1. The monoisotopic (exact) mass is 316 g/mol. The Morgan fingerprint density at radius 3 is 2.74 bits per heavy atom. The van der Waals surface area contributed by atoms with Crippen molar-refractivity contribution in [2.45, 2.75) is 12.2 Å².